The van der Waals surface area contributed by atoms with E-state index in [1.54, 1.807) is 30.3 Å². The number of ether oxygens (including phenoxy) is 2. The number of ketones is 1. The molecule has 4 aromatic carbocycles. The van der Waals surface area contributed by atoms with Gasteiger partial charge in [0, 0.05) is 11.1 Å². The lowest BCUT2D eigenvalue weighted by Gasteiger charge is -2.13. The number of alkyl halides is 6. The van der Waals surface area contributed by atoms with E-state index in [9.17, 15) is 36.4 Å². The Bertz CT molecular complexity index is 1540. The second-order valence-corrected chi connectivity index (χ2v) is 8.87. The Hall–Kier alpha value is -4.78. The number of hydrogen-bond acceptors (Lipinski definition) is 4. The Kier molecular flexibility index (Phi) is 9.79. The van der Waals surface area contributed by atoms with Gasteiger partial charge in [0.2, 0.25) is 0 Å². The van der Waals surface area contributed by atoms with Gasteiger partial charge in [-0.25, -0.2) is 0 Å². The normalized spacial score (nSPS) is 11.9. The highest BCUT2D eigenvalue weighted by molar-refractivity contribution is 6.09. The number of nitriles is 1. The van der Waals surface area contributed by atoms with Gasteiger partial charge in [0.05, 0.1) is 12.0 Å². The quantitative estimate of drug-likeness (QED) is 0.172. The molecule has 0 aromatic heterocycles. The van der Waals surface area contributed by atoms with E-state index in [4.69, 9.17) is 0 Å². The molecule has 0 aliphatic rings. The summed E-state index contributed by atoms with van der Waals surface area (Å²) in [5.41, 5.74) is 3.66. The Morgan fingerprint density at radius 1 is 0.659 bits per heavy atom. The molecule has 0 saturated heterocycles. The van der Waals surface area contributed by atoms with Crippen LogP contribution in [0.1, 0.15) is 44.1 Å². The van der Waals surface area contributed by atoms with Crippen molar-refractivity contribution < 1.29 is 40.6 Å². The summed E-state index contributed by atoms with van der Waals surface area (Å²) < 4.78 is 80.8. The molecule has 0 radical (unpaired) electrons. The summed E-state index contributed by atoms with van der Waals surface area (Å²) in [5, 5.41) is 9.33. The third-order valence-electron chi connectivity index (χ3n) is 5.54. The van der Waals surface area contributed by atoms with Gasteiger partial charge >= 0.3 is 12.7 Å². The number of hydrogen-bond donors (Lipinski definition) is 0. The molecule has 4 aromatic rings. The zero-order chi connectivity index (χ0) is 30.2. The molecule has 0 spiro atoms. The van der Waals surface area contributed by atoms with E-state index in [0.29, 0.717) is 11.1 Å². The van der Waals surface area contributed by atoms with Crippen molar-refractivity contribution in [2.75, 3.05) is 0 Å². The Morgan fingerprint density at radius 3 is 1.61 bits per heavy atom. The van der Waals surface area contributed by atoms with Crippen LogP contribution in [0.4, 0.5) is 26.3 Å². The second-order valence-electron chi connectivity index (χ2n) is 8.87. The first-order chi connectivity index (χ1) is 19.2. The molecule has 41 heavy (non-hydrogen) atoms. The van der Waals surface area contributed by atoms with Crippen molar-refractivity contribution >= 4 is 5.78 Å². The first-order valence-corrected chi connectivity index (χ1v) is 12.0. The number of carbonyl (C=O) groups excluding carboxylic acids is 1. The molecule has 0 saturated carbocycles. The molecule has 0 aliphatic carbocycles. The summed E-state index contributed by atoms with van der Waals surface area (Å²) in [6.07, 6.45) is -9.52. The third kappa shape index (κ3) is 9.72. The summed E-state index contributed by atoms with van der Waals surface area (Å²) >= 11 is 0. The smallest absolute Gasteiger partial charge is 0.406 e. The third-order valence-corrected chi connectivity index (χ3v) is 5.54. The number of aryl methyl sites for hydroxylation is 2. The van der Waals surface area contributed by atoms with Crippen molar-refractivity contribution in [3.8, 4) is 17.6 Å². The van der Waals surface area contributed by atoms with E-state index in [0.717, 1.165) is 28.8 Å². The molecule has 1 atom stereocenters. The lowest BCUT2D eigenvalue weighted by molar-refractivity contribution is -0.275. The fourth-order valence-corrected chi connectivity index (χ4v) is 3.87. The minimum Gasteiger partial charge on any atom is -0.406 e. The van der Waals surface area contributed by atoms with Gasteiger partial charge in [-0.2, -0.15) is 5.26 Å². The van der Waals surface area contributed by atoms with Gasteiger partial charge < -0.3 is 9.47 Å². The minimum absolute atomic E-state index is 0.150. The van der Waals surface area contributed by atoms with Gasteiger partial charge in [-0.1, -0.05) is 77.9 Å². The highest BCUT2D eigenvalue weighted by Crippen LogP contribution is 2.30. The summed E-state index contributed by atoms with van der Waals surface area (Å²) in [4.78, 5) is 12.2. The molecular weight excluding hydrogens is 548 g/mol. The topological polar surface area (TPSA) is 59.3 Å². The van der Waals surface area contributed by atoms with Crippen LogP contribution >= 0.6 is 0 Å². The van der Waals surface area contributed by atoms with E-state index in [-0.39, 0.29) is 17.1 Å². The lowest BCUT2D eigenvalue weighted by atomic mass is 9.91. The average molecular weight is 572 g/mol. The first kappa shape index (κ1) is 30.8. The number of nitrogens with zero attached hydrogens (tertiary/aromatic N) is 1. The van der Waals surface area contributed by atoms with E-state index < -0.39 is 24.4 Å². The van der Waals surface area contributed by atoms with Crippen LogP contribution in [-0.2, 0) is 0 Å². The molecule has 0 aliphatic heterocycles. The highest BCUT2D eigenvalue weighted by Gasteiger charge is 2.32. The van der Waals surface area contributed by atoms with Gasteiger partial charge in [0.15, 0.2) is 5.78 Å². The van der Waals surface area contributed by atoms with E-state index in [1.807, 2.05) is 38.1 Å². The van der Waals surface area contributed by atoms with Gasteiger partial charge in [0.1, 0.15) is 11.5 Å². The Morgan fingerprint density at radius 2 is 1.10 bits per heavy atom. The van der Waals surface area contributed by atoms with Crippen molar-refractivity contribution in [2.24, 2.45) is 0 Å². The fourth-order valence-electron chi connectivity index (χ4n) is 3.87. The van der Waals surface area contributed by atoms with Gasteiger partial charge in [0.25, 0.3) is 0 Å². The number of rotatable bonds is 6. The van der Waals surface area contributed by atoms with Crippen molar-refractivity contribution in [2.45, 2.75) is 32.5 Å². The minimum atomic E-state index is -4.77. The van der Waals surface area contributed by atoms with Crippen LogP contribution < -0.4 is 9.47 Å². The average Bonchev–Trinajstić information content (AvgIpc) is 2.88. The van der Waals surface area contributed by atoms with Crippen LogP contribution in [0.15, 0.2) is 97.1 Å². The lowest BCUT2D eigenvalue weighted by Crippen LogP contribution is -2.17. The van der Waals surface area contributed by atoms with E-state index in [2.05, 4.69) is 15.5 Å². The van der Waals surface area contributed by atoms with Crippen LogP contribution in [0, 0.1) is 25.2 Å². The van der Waals surface area contributed by atoms with Crippen LogP contribution in [-0.4, -0.2) is 18.5 Å². The van der Waals surface area contributed by atoms with Crippen LogP contribution in [0.3, 0.4) is 0 Å². The fraction of sp³-hybridized carbons (Fsp3) is 0.161. The maximum absolute atomic E-state index is 12.2. The number of halogens is 6. The predicted molar refractivity (Wildman–Crippen MR) is 139 cm³/mol. The summed E-state index contributed by atoms with van der Waals surface area (Å²) in [6.45, 7) is 3.72. The predicted octanol–water partition coefficient (Wildman–Crippen LogP) is 8.67. The number of carbonyl (C=O) groups is 1. The molecule has 0 amide bonds. The second kappa shape index (κ2) is 13.0. The van der Waals surface area contributed by atoms with Crippen molar-refractivity contribution in [1.29, 1.82) is 5.26 Å². The molecule has 4 nitrogen and oxygen atoms in total. The zero-order valence-electron chi connectivity index (χ0n) is 21.8. The SMILES string of the molecule is Cc1cccc(C(=O)c2cccc(OC(F)(F)F)c2)c1.Cc1cccc(C(C#N)c2cccc(OC(F)(F)F)c2)c1. The molecule has 4 rings (SSSR count). The number of benzene rings is 4. The molecule has 0 heterocycles. The van der Waals surface area contributed by atoms with E-state index in [1.165, 1.54) is 30.3 Å². The van der Waals surface area contributed by atoms with Gasteiger partial charge in [-0.3, -0.25) is 4.79 Å². The van der Waals surface area contributed by atoms with Gasteiger partial charge in [-0.05, 0) is 55.3 Å². The maximum Gasteiger partial charge on any atom is 0.573 e. The standard InChI is InChI=1S/C16H12F3NO.C15H11F3O2/c1-11-4-2-5-12(8-11)15(10-20)13-6-3-7-14(9-13)21-16(17,18)19;1-10-4-2-5-11(8-10)14(19)12-6-3-7-13(9-12)20-15(16,17)18/h2-9,15H,1H3;2-9H,1H3. The molecule has 0 fully saturated rings. The molecule has 10 heteroatoms. The molecule has 0 bridgehead atoms. The Balaban J connectivity index is 0.000000226. The summed E-state index contributed by atoms with van der Waals surface area (Å²) in [6, 6.07) is 26.8. The summed E-state index contributed by atoms with van der Waals surface area (Å²) in [5.74, 6) is -1.72. The van der Waals surface area contributed by atoms with Crippen LogP contribution in [0.25, 0.3) is 0 Å². The Labute approximate surface area is 232 Å². The molecule has 212 valence electrons. The van der Waals surface area contributed by atoms with E-state index >= 15 is 0 Å². The molecule has 1 unspecified atom stereocenters. The largest absolute Gasteiger partial charge is 0.573 e. The molecule has 0 N–H and O–H groups in total. The van der Waals surface area contributed by atoms with Crippen molar-refractivity contribution in [3.05, 3.63) is 130 Å². The monoisotopic (exact) mass is 571 g/mol. The highest BCUT2D eigenvalue weighted by atomic mass is 19.4. The maximum atomic E-state index is 12.2. The van der Waals surface area contributed by atoms with Crippen molar-refractivity contribution in [1.82, 2.24) is 0 Å². The zero-order valence-corrected chi connectivity index (χ0v) is 21.8. The van der Waals surface area contributed by atoms with Crippen molar-refractivity contribution in [3.63, 3.8) is 0 Å². The molecular formula is C31H23F6NO3. The first-order valence-electron chi connectivity index (χ1n) is 12.0. The van der Waals surface area contributed by atoms with Crippen LogP contribution in [0.2, 0.25) is 0 Å². The summed E-state index contributed by atoms with van der Waals surface area (Å²) in [7, 11) is 0. The van der Waals surface area contributed by atoms with Crippen LogP contribution in [0.5, 0.6) is 11.5 Å². The van der Waals surface area contributed by atoms with Gasteiger partial charge in [-0.15, -0.1) is 26.3 Å².